The van der Waals surface area contributed by atoms with Gasteiger partial charge in [-0.2, -0.15) is 0 Å². The lowest BCUT2D eigenvalue weighted by atomic mass is 9.92. The lowest BCUT2D eigenvalue weighted by molar-refractivity contribution is 0.101. The van der Waals surface area contributed by atoms with Crippen LogP contribution in [-0.2, 0) is 0 Å². The molecule has 0 saturated heterocycles. The number of hydrogen-bond donors (Lipinski definition) is 0. The van der Waals surface area contributed by atoms with Crippen LogP contribution in [0.2, 0.25) is 0 Å². The average molecular weight is 677 g/mol. The maximum atomic E-state index is 13.6. The quantitative estimate of drug-likeness (QED) is 0.187. The van der Waals surface area contributed by atoms with Crippen LogP contribution in [-0.4, -0.2) is 23.1 Å². The fourth-order valence-electron chi connectivity index (χ4n) is 7.47. The van der Waals surface area contributed by atoms with Crippen LogP contribution in [0.3, 0.4) is 0 Å². The summed E-state index contributed by atoms with van der Waals surface area (Å²) in [4.78, 5) is 54.5. The van der Waals surface area contributed by atoms with Gasteiger partial charge in [-0.05, 0) is 78.2 Å². The van der Waals surface area contributed by atoms with E-state index in [1.54, 1.807) is 48.5 Å². The Kier molecular flexibility index (Phi) is 8.11. The summed E-state index contributed by atoms with van der Waals surface area (Å²) in [5.74, 6) is -0.384. The molecule has 252 valence electrons. The van der Waals surface area contributed by atoms with E-state index in [4.69, 9.17) is 0 Å². The van der Waals surface area contributed by atoms with Crippen molar-refractivity contribution in [2.75, 3.05) is 0 Å². The van der Waals surface area contributed by atoms with Crippen molar-refractivity contribution in [2.24, 2.45) is 0 Å². The first-order valence-electron chi connectivity index (χ1n) is 17.7. The maximum Gasteiger partial charge on any atom is 0.198 e. The minimum absolute atomic E-state index is 0.168. The third-order valence-electron chi connectivity index (χ3n) is 10.4. The van der Waals surface area contributed by atoms with Crippen LogP contribution in [0.1, 0.15) is 92.1 Å². The zero-order valence-corrected chi connectivity index (χ0v) is 29.5. The average Bonchev–Trinajstić information content (AvgIpc) is 3.58. The van der Waals surface area contributed by atoms with Crippen molar-refractivity contribution in [2.45, 2.75) is 39.5 Å². The van der Waals surface area contributed by atoms with Crippen LogP contribution >= 0.6 is 0 Å². The van der Waals surface area contributed by atoms with Gasteiger partial charge in [0.1, 0.15) is 0 Å². The fraction of sp³-hybridized carbons (Fsp3) is 0.125. The van der Waals surface area contributed by atoms with Crippen molar-refractivity contribution in [3.05, 3.63) is 188 Å². The van der Waals surface area contributed by atoms with Crippen LogP contribution in [0, 0.1) is 10.4 Å². The van der Waals surface area contributed by atoms with Crippen molar-refractivity contribution in [3.8, 4) is 22.3 Å². The summed E-state index contributed by atoms with van der Waals surface area (Å²) in [6.45, 7) is 8.62. The Morgan fingerprint density at radius 3 is 0.942 bits per heavy atom. The third kappa shape index (κ3) is 5.39. The Hall–Kier alpha value is -6.26. The van der Waals surface area contributed by atoms with E-state index < -0.39 is 0 Å². The molecule has 6 aromatic rings. The molecule has 0 fully saturated rings. The monoisotopic (exact) mass is 676 g/mol. The first-order chi connectivity index (χ1) is 25.1. The molecular formula is C48H36O4. The first kappa shape index (κ1) is 32.9. The number of benzene rings is 6. The van der Waals surface area contributed by atoms with Crippen LogP contribution < -0.4 is 10.4 Å². The number of fused-ring (bicyclic) bond motifs is 2. The van der Waals surface area contributed by atoms with Gasteiger partial charge in [0.25, 0.3) is 0 Å². The van der Waals surface area contributed by atoms with Gasteiger partial charge in [-0.1, -0.05) is 149 Å². The zero-order chi connectivity index (χ0) is 36.3. The molecule has 2 aliphatic rings. The Labute approximate surface area is 302 Å². The van der Waals surface area contributed by atoms with E-state index in [0.717, 1.165) is 32.7 Å². The largest absolute Gasteiger partial charge is 0.288 e. The van der Waals surface area contributed by atoms with Gasteiger partial charge >= 0.3 is 0 Å². The number of hydrogen-bond acceptors (Lipinski definition) is 4. The molecule has 52 heavy (non-hydrogen) atoms. The molecule has 0 amide bonds. The fourth-order valence-corrected chi connectivity index (χ4v) is 7.47. The van der Waals surface area contributed by atoms with Crippen LogP contribution in [0.25, 0.3) is 33.4 Å². The maximum absolute atomic E-state index is 13.6. The van der Waals surface area contributed by atoms with E-state index in [9.17, 15) is 19.2 Å². The second-order valence-electron chi connectivity index (χ2n) is 14.2. The van der Waals surface area contributed by atoms with Gasteiger partial charge in [0, 0.05) is 22.3 Å². The lowest BCUT2D eigenvalue weighted by Crippen LogP contribution is -2.15. The predicted octanol–water partition coefficient (Wildman–Crippen LogP) is 9.01. The minimum atomic E-state index is -0.270. The van der Waals surface area contributed by atoms with Crippen LogP contribution in [0.15, 0.2) is 133 Å². The molecule has 0 N–H and O–H groups in total. The SMILES string of the molecule is CC(C)c1ccc(-c2cc(=C3C(=O)c4ccccc4C3=O)cc/c2=c2/ccc(=C3C(=O)c4ccccc4C3=O)cc2-c2ccc(C(C)C)cc2)cc1. The Balaban J connectivity index is 1.47. The van der Waals surface area contributed by atoms with Crippen molar-refractivity contribution in [3.63, 3.8) is 0 Å². The van der Waals surface area contributed by atoms with E-state index in [2.05, 4.69) is 76.2 Å². The highest BCUT2D eigenvalue weighted by Gasteiger charge is 2.34. The molecule has 0 aromatic heterocycles. The normalized spacial score (nSPS) is 14.5. The van der Waals surface area contributed by atoms with Gasteiger partial charge in [0.2, 0.25) is 0 Å². The van der Waals surface area contributed by atoms with Crippen LogP contribution in [0.4, 0.5) is 0 Å². The number of ketones is 4. The molecule has 0 atom stereocenters. The van der Waals surface area contributed by atoms with Crippen molar-refractivity contribution in [1.82, 2.24) is 0 Å². The topological polar surface area (TPSA) is 68.3 Å². The molecule has 6 aromatic carbocycles. The van der Waals surface area contributed by atoms with Gasteiger partial charge in [-0.3, -0.25) is 19.2 Å². The van der Waals surface area contributed by atoms with Crippen LogP contribution in [0.5, 0.6) is 0 Å². The molecule has 4 nitrogen and oxygen atoms in total. The molecule has 4 heteroatoms. The number of carbonyl (C=O) groups is 4. The Bertz CT molecular complexity index is 2470. The minimum Gasteiger partial charge on any atom is -0.288 e. The predicted molar refractivity (Wildman–Crippen MR) is 206 cm³/mol. The van der Waals surface area contributed by atoms with E-state index in [-0.39, 0.29) is 34.3 Å². The smallest absolute Gasteiger partial charge is 0.198 e. The summed E-state index contributed by atoms with van der Waals surface area (Å²) < 4.78 is 0. The summed E-state index contributed by atoms with van der Waals surface area (Å²) in [5, 5.41) is 2.91. The summed E-state index contributed by atoms with van der Waals surface area (Å²) in [6.07, 6.45) is 0. The third-order valence-corrected chi connectivity index (χ3v) is 10.4. The summed E-state index contributed by atoms with van der Waals surface area (Å²) in [5.41, 5.74) is 8.03. The highest BCUT2D eigenvalue weighted by atomic mass is 16.2. The van der Waals surface area contributed by atoms with E-state index in [0.29, 0.717) is 44.5 Å². The van der Waals surface area contributed by atoms with E-state index in [1.165, 1.54) is 11.1 Å². The zero-order valence-electron chi connectivity index (χ0n) is 29.5. The molecule has 0 saturated carbocycles. The second kappa shape index (κ2) is 12.8. The standard InChI is InChI=1S/C48H36O4/c1-27(2)29-13-17-31(18-14-29)41-25-33(43-45(49)37-9-5-6-10-38(37)46(43)50)21-23-35(41)36-24-22-34(26-42(36)32-19-15-30(16-20-32)28(3)4)44-47(51)39-11-7-8-12-40(39)48(44)52/h5-28H,1-4H3/b36-35+. The molecule has 0 heterocycles. The molecular weight excluding hydrogens is 641 g/mol. The van der Waals surface area contributed by atoms with Crippen molar-refractivity contribution in [1.29, 1.82) is 0 Å². The Morgan fingerprint density at radius 1 is 0.346 bits per heavy atom. The van der Waals surface area contributed by atoms with Crippen molar-refractivity contribution < 1.29 is 19.2 Å². The molecule has 0 bridgehead atoms. The van der Waals surface area contributed by atoms with Gasteiger partial charge in [-0.25, -0.2) is 0 Å². The molecule has 0 aliphatic heterocycles. The highest BCUT2D eigenvalue weighted by Crippen LogP contribution is 2.31. The number of Topliss-reactive ketones (excluding diaryl/α,β-unsaturated/α-hetero) is 4. The number of rotatable bonds is 4. The molecule has 2 aliphatic carbocycles. The molecule has 0 unspecified atom stereocenters. The van der Waals surface area contributed by atoms with Crippen molar-refractivity contribution >= 4 is 34.3 Å². The summed E-state index contributed by atoms with van der Waals surface area (Å²) in [6, 6.07) is 42.3. The lowest BCUT2D eigenvalue weighted by Gasteiger charge is -2.12. The summed E-state index contributed by atoms with van der Waals surface area (Å²) >= 11 is 0. The highest BCUT2D eigenvalue weighted by molar-refractivity contribution is 6.56. The second-order valence-corrected chi connectivity index (χ2v) is 14.2. The Morgan fingerprint density at radius 2 is 0.654 bits per heavy atom. The molecule has 0 spiro atoms. The van der Waals surface area contributed by atoms with E-state index in [1.807, 2.05) is 36.4 Å². The number of carbonyl (C=O) groups excluding carboxylic acids is 4. The van der Waals surface area contributed by atoms with E-state index >= 15 is 0 Å². The molecule has 0 radical (unpaired) electrons. The first-order valence-corrected chi connectivity index (χ1v) is 17.7. The van der Waals surface area contributed by atoms with Gasteiger partial charge in [0.15, 0.2) is 23.1 Å². The molecule has 8 rings (SSSR count). The summed E-state index contributed by atoms with van der Waals surface area (Å²) in [7, 11) is 0. The van der Waals surface area contributed by atoms with Gasteiger partial charge in [0.05, 0.1) is 11.1 Å². The van der Waals surface area contributed by atoms with Gasteiger partial charge < -0.3 is 0 Å². The van der Waals surface area contributed by atoms with Gasteiger partial charge in [-0.15, -0.1) is 0 Å².